The van der Waals surface area contributed by atoms with Crippen LogP contribution in [0.25, 0.3) is 0 Å². The van der Waals surface area contributed by atoms with Gasteiger partial charge in [-0.05, 0) is 24.3 Å². The summed E-state index contributed by atoms with van der Waals surface area (Å²) in [6.07, 6.45) is 1.33. The average Bonchev–Trinajstić information content (AvgIpc) is 3.05. The zero-order valence-corrected chi connectivity index (χ0v) is 13.6. The van der Waals surface area contributed by atoms with E-state index in [4.69, 9.17) is 16.0 Å². The number of amides is 1. The van der Waals surface area contributed by atoms with Gasteiger partial charge in [-0.3, -0.25) is 14.9 Å². The Morgan fingerprint density at radius 2 is 2.04 bits per heavy atom. The topological polar surface area (TPSA) is 132 Å². The first-order valence-electron chi connectivity index (χ1n) is 6.56. The number of sulfonamides is 1. The highest BCUT2D eigenvalue weighted by molar-refractivity contribution is 7.89. The number of nitrogens with one attached hydrogen (secondary N) is 2. The van der Waals surface area contributed by atoms with Crippen LogP contribution in [-0.2, 0) is 10.0 Å². The highest BCUT2D eigenvalue weighted by Gasteiger charge is 2.25. The maximum atomic E-state index is 12.2. The van der Waals surface area contributed by atoms with Crippen molar-refractivity contribution in [1.29, 1.82) is 0 Å². The van der Waals surface area contributed by atoms with Crippen LogP contribution in [0.3, 0.4) is 0 Å². The molecular weight excluding hydrogens is 362 g/mol. The van der Waals surface area contributed by atoms with Gasteiger partial charge in [0.05, 0.1) is 11.2 Å². The Kier molecular flexibility index (Phi) is 5.54. The first-order valence-corrected chi connectivity index (χ1v) is 8.42. The Morgan fingerprint density at radius 1 is 1.29 bits per heavy atom. The van der Waals surface area contributed by atoms with E-state index in [-0.39, 0.29) is 23.9 Å². The normalized spacial score (nSPS) is 11.2. The van der Waals surface area contributed by atoms with Crippen LogP contribution in [-0.4, -0.2) is 32.3 Å². The van der Waals surface area contributed by atoms with Crippen molar-refractivity contribution in [3.05, 3.63) is 57.5 Å². The molecule has 1 aromatic heterocycles. The molecule has 0 saturated carbocycles. The van der Waals surface area contributed by atoms with Gasteiger partial charge in [-0.2, -0.15) is 0 Å². The molecule has 0 atom stereocenters. The molecule has 11 heteroatoms. The molecule has 0 aliphatic carbocycles. The van der Waals surface area contributed by atoms with E-state index in [1.54, 1.807) is 0 Å². The number of rotatable bonds is 7. The molecule has 2 N–H and O–H groups in total. The van der Waals surface area contributed by atoms with Crippen molar-refractivity contribution in [1.82, 2.24) is 10.0 Å². The summed E-state index contributed by atoms with van der Waals surface area (Å²) in [5, 5.41) is 13.4. The summed E-state index contributed by atoms with van der Waals surface area (Å²) in [5.41, 5.74) is -0.630. The summed E-state index contributed by atoms with van der Waals surface area (Å²) in [6, 6.07) is 6.23. The average molecular weight is 374 g/mol. The van der Waals surface area contributed by atoms with E-state index in [1.807, 2.05) is 0 Å². The quantitative estimate of drug-likeness (QED) is 0.430. The fourth-order valence-electron chi connectivity index (χ4n) is 1.79. The fourth-order valence-corrected chi connectivity index (χ4v) is 3.14. The third kappa shape index (κ3) is 4.31. The van der Waals surface area contributed by atoms with Crippen LogP contribution in [0.4, 0.5) is 5.69 Å². The first-order chi connectivity index (χ1) is 11.3. The molecule has 0 radical (unpaired) electrons. The maximum Gasteiger partial charge on any atom is 0.290 e. The van der Waals surface area contributed by atoms with Crippen LogP contribution in [0.15, 0.2) is 45.9 Å². The smallest absolute Gasteiger partial charge is 0.290 e. The number of nitrogens with zero attached hydrogens (tertiary/aromatic N) is 1. The molecule has 128 valence electrons. The number of benzene rings is 1. The van der Waals surface area contributed by atoms with Gasteiger partial charge in [0.2, 0.25) is 10.0 Å². The van der Waals surface area contributed by atoms with Crippen LogP contribution in [0.5, 0.6) is 0 Å². The van der Waals surface area contributed by atoms with E-state index >= 15 is 0 Å². The third-order valence-electron chi connectivity index (χ3n) is 2.85. The highest BCUT2D eigenvalue weighted by atomic mass is 35.5. The van der Waals surface area contributed by atoms with Crippen molar-refractivity contribution in [2.45, 2.75) is 4.90 Å². The Hall–Kier alpha value is -2.43. The monoisotopic (exact) mass is 373 g/mol. The lowest BCUT2D eigenvalue weighted by Crippen LogP contribution is -2.34. The number of nitro benzene ring substituents is 1. The Balaban J connectivity index is 1.99. The maximum absolute atomic E-state index is 12.2. The Bertz CT molecular complexity index is 851. The second-order valence-corrected chi connectivity index (χ2v) is 6.67. The molecule has 1 aromatic carbocycles. The van der Waals surface area contributed by atoms with E-state index in [9.17, 15) is 23.3 Å². The van der Waals surface area contributed by atoms with Crippen LogP contribution < -0.4 is 10.0 Å². The molecule has 0 spiro atoms. The molecule has 0 unspecified atom stereocenters. The molecule has 9 nitrogen and oxygen atoms in total. The van der Waals surface area contributed by atoms with Crippen molar-refractivity contribution < 1.29 is 22.6 Å². The predicted octanol–water partition coefficient (Wildman–Crippen LogP) is 1.55. The van der Waals surface area contributed by atoms with Crippen molar-refractivity contribution in [2.75, 3.05) is 13.1 Å². The summed E-state index contributed by atoms with van der Waals surface area (Å²) < 4.78 is 31.4. The van der Waals surface area contributed by atoms with Crippen LogP contribution in [0.2, 0.25) is 5.02 Å². The standard InChI is InChI=1S/C13H12ClN3O6S/c14-9-3-4-12(10(8-9)17(19)20)24(21,22)16-6-5-15-13(18)11-2-1-7-23-11/h1-4,7-8,16H,5-6H2,(H,15,18). The van der Waals surface area contributed by atoms with Gasteiger partial charge in [0.1, 0.15) is 0 Å². The predicted molar refractivity (Wildman–Crippen MR) is 84.3 cm³/mol. The Morgan fingerprint density at radius 3 is 2.67 bits per heavy atom. The van der Waals surface area contributed by atoms with Crippen LogP contribution >= 0.6 is 11.6 Å². The van der Waals surface area contributed by atoms with E-state index in [0.29, 0.717) is 0 Å². The summed E-state index contributed by atoms with van der Waals surface area (Å²) in [7, 11) is -4.13. The lowest BCUT2D eigenvalue weighted by molar-refractivity contribution is -0.387. The molecule has 2 rings (SSSR count). The number of hydrogen-bond acceptors (Lipinski definition) is 6. The summed E-state index contributed by atoms with van der Waals surface area (Å²) in [4.78, 5) is 21.2. The molecular formula is C13H12ClN3O6S. The molecule has 24 heavy (non-hydrogen) atoms. The van der Waals surface area contributed by atoms with Gasteiger partial charge in [0.25, 0.3) is 11.6 Å². The number of halogens is 1. The van der Waals surface area contributed by atoms with Gasteiger partial charge in [-0.1, -0.05) is 11.6 Å². The largest absolute Gasteiger partial charge is 0.459 e. The third-order valence-corrected chi connectivity index (χ3v) is 4.60. The minimum Gasteiger partial charge on any atom is -0.459 e. The molecule has 0 aliphatic rings. The number of nitro groups is 1. The number of furan rings is 1. The van der Waals surface area contributed by atoms with Crippen molar-refractivity contribution in [3.63, 3.8) is 0 Å². The summed E-state index contributed by atoms with van der Waals surface area (Å²) in [6.45, 7) is -0.186. The molecule has 1 heterocycles. The van der Waals surface area contributed by atoms with Gasteiger partial charge in [-0.15, -0.1) is 0 Å². The SMILES string of the molecule is O=C(NCCNS(=O)(=O)c1ccc(Cl)cc1[N+](=O)[O-])c1ccco1. The minimum atomic E-state index is -4.13. The number of hydrogen-bond donors (Lipinski definition) is 2. The second kappa shape index (κ2) is 7.43. The Labute approximate surface area is 141 Å². The lowest BCUT2D eigenvalue weighted by Gasteiger charge is -2.08. The minimum absolute atomic E-state index is 0.0276. The van der Waals surface area contributed by atoms with E-state index < -0.39 is 31.4 Å². The summed E-state index contributed by atoms with van der Waals surface area (Å²) >= 11 is 5.65. The number of carbonyl (C=O) groups is 1. The van der Waals surface area contributed by atoms with Gasteiger partial charge in [-0.25, -0.2) is 13.1 Å². The molecule has 0 aliphatic heterocycles. The van der Waals surface area contributed by atoms with Gasteiger partial charge < -0.3 is 9.73 Å². The van der Waals surface area contributed by atoms with Crippen molar-refractivity contribution >= 4 is 33.2 Å². The zero-order valence-electron chi connectivity index (χ0n) is 12.1. The fraction of sp³-hybridized carbons (Fsp3) is 0.154. The molecule has 2 aromatic rings. The molecule has 1 amide bonds. The van der Waals surface area contributed by atoms with Crippen LogP contribution in [0, 0.1) is 10.1 Å². The first kappa shape index (κ1) is 17.9. The summed E-state index contributed by atoms with van der Waals surface area (Å²) in [5.74, 6) is -0.414. The van der Waals surface area contributed by atoms with Gasteiger partial charge >= 0.3 is 0 Å². The van der Waals surface area contributed by atoms with Crippen molar-refractivity contribution in [3.8, 4) is 0 Å². The van der Waals surface area contributed by atoms with E-state index in [0.717, 1.165) is 12.1 Å². The van der Waals surface area contributed by atoms with Gasteiger partial charge in [0, 0.05) is 24.2 Å². The molecule has 0 bridgehead atoms. The zero-order chi connectivity index (χ0) is 17.7. The lowest BCUT2D eigenvalue weighted by atomic mass is 10.3. The molecule has 0 fully saturated rings. The number of carbonyl (C=O) groups excluding carboxylic acids is 1. The van der Waals surface area contributed by atoms with Crippen LogP contribution in [0.1, 0.15) is 10.6 Å². The molecule has 0 saturated heterocycles. The van der Waals surface area contributed by atoms with Gasteiger partial charge in [0.15, 0.2) is 10.7 Å². The highest BCUT2D eigenvalue weighted by Crippen LogP contribution is 2.26. The van der Waals surface area contributed by atoms with Crippen molar-refractivity contribution in [2.24, 2.45) is 0 Å². The van der Waals surface area contributed by atoms with E-state index in [2.05, 4.69) is 10.0 Å². The van der Waals surface area contributed by atoms with E-state index in [1.165, 1.54) is 24.5 Å². The second-order valence-electron chi connectivity index (χ2n) is 4.50.